The smallest absolute Gasteiger partial charge is 0.274 e. The summed E-state index contributed by atoms with van der Waals surface area (Å²) >= 11 is 0. The first-order chi connectivity index (χ1) is 13.4. The molecule has 2 aromatic rings. The first-order valence-electron chi connectivity index (χ1n) is 9.90. The molecule has 0 spiro atoms. The van der Waals surface area contributed by atoms with Crippen molar-refractivity contribution in [1.29, 1.82) is 0 Å². The van der Waals surface area contributed by atoms with Crippen LogP contribution >= 0.6 is 0 Å². The topological polar surface area (TPSA) is 95.1 Å². The fourth-order valence-corrected chi connectivity index (χ4v) is 3.98. The molecule has 2 amide bonds. The zero-order valence-corrected chi connectivity index (χ0v) is 16.6. The van der Waals surface area contributed by atoms with Crippen molar-refractivity contribution in [3.05, 3.63) is 40.7 Å². The summed E-state index contributed by atoms with van der Waals surface area (Å²) in [7, 11) is 0. The number of nitrogens with zero attached hydrogens (tertiary/aromatic N) is 5. The number of carbonyl (C=O) groups is 2. The molecule has 1 fully saturated rings. The van der Waals surface area contributed by atoms with Gasteiger partial charge in [0.05, 0.1) is 11.7 Å². The van der Waals surface area contributed by atoms with Crippen molar-refractivity contribution in [3.8, 4) is 0 Å². The summed E-state index contributed by atoms with van der Waals surface area (Å²) < 4.78 is 0. The van der Waals surface area contributed by atoms with Crippen LogP contribution in [0.25, 0.3) is 0 Å². The molecular formula is C20H26N6O2. The van der Waals surface area contributed by atoms with Crippen LogP contribution in [0.4, 0.5) is 0 Å². The minimum atomic E-state index is -0.0728. The molecule has 4 rings (SSSR count). The van der Waals surface area contributed by atoms with Gasteiger partial charge in [0, 0.05) is 50.4 Å². The Morgan fingerprint density at radius 2 is 2.11 bits per heavy atom. The molecule has 0 saturated carbocycles. The predicted molar refractivity (Wildman–Crippen MR) is 103 cm³/mol. The third-order valence-electron chi connectivity index (χ3n) is 5.63. The molecular weight excluding hydrogens is 356 g/mol. The number of aromatic amines is 1. The van der Waals surface area contributed by atoms with E-state index in [0.717, 1.165) is 42.2 Å². The molecule has 0 aromatic carbocycles. The Morgan fingerprint density at radius 3 is 2.82 bits per heavy atom. The van der Waals surface area contributed by atoms with E-state index < -0.39 is 0 Å². The molecule has 0 unspecified atom stereocenters. The molecule has 2 aliphatic rings. The lowest BCUT2D eigenvalue weighted by atomic mass is 10.1. The number of rotatable bonds is 3. The fraction of sp³-hybridized carbons (Fsp3) is 0.550. The van der Waals surface area contributed by atoms with Crippen LogP contribution in [0, 0.1) is 0 Å². The van der Waals surface area contributed by atoms with Crippen molar-refractivity contribution in [3.63, 3.8) is 0 Å². The van der Waals surface area contributed by atoms with E-state index in [0.29, 0.717) is 31.1 Å². The molecule has 148 valence electrons. The van der Waals surface area contributed by atoms with Gasteiger partial charge in [-0.3, -0.25) is 14.7 Å². The van der Waals surface area contributed by atoms with Gasteiger partial charge in [0.2, 0.25) is 5.91 Å². The van der Waals surface area contributed by atoms with Gasteiger partial charge in [-0.1, -0.05) is 13.8 Å². The number of nitrogens with one attached hydrogen (secondary N) is 1. The first kappa shape index (κ1) is 18.6. The summed E-state index contributed by atoms with van der Waals surface area (Å²) in [5.41, 5.74) is 3.36. The Hall–Kier alpha value is -2.77. The zero-order valence-electron chi connectivity index (χ0n) is 16.6. The average molecular weight is 382 g/mol. The van der Waals surface area contributed by atoms with Gasteiger partial charge in [-0.2, -0.15) is 5.10 Å². The van der Waals surface area contributed by atoms with Crippen molar-refractivity contribution in [2.45, 2.75) is 58.5 Å². The summed E-state index contributed by atoms with van der Waals surface area (Å²) in [5, 5.41) is 7.12. The van der Waals surface area contributed by atoms with Crippen LogP contribution in [0.3, 0.4) is 0 Å². The van der Waals surface area contributed by atoms with Crippen LogP contribution in [0.2, 0.25) is 0 Å². The van der Waals surface area contributed by atoms with Gasteiger partial charge in [0.1, 0.15) is 5.69 Å². The maximum atomic E-state index is 12.8. The normalized spacial score (nSPS) is 19.2. The molecule has 8 heteroatoms. The molecule has 1 N–H and O–H groups in total. The second-order valence-corrected chi connectivity index (χ2v) is 7.91. The monoisotopic (exact) mass is 382 g/mol. The second kappa shape index (κ2) is 7.33. The van der Waals surface area contributed by atoms with Gasteiger partial charge >= 0.3 is 0 Å². The molecule has 1 saturated heterocycles. The Kier molecular flexibility index (Phi) is 4.87. The van der Waals surface area contributed by atoms with Crippen LogP contribution in [0.5, 0.6) is 0 Å². The van der Waals surface area contributed by atoms with Crippen molar-refractivity contribution < 1.29 is 9.59 Å². The quantitative estimate of drug-likeness (QED) is 0.878. The SMILES string of the molecule is CC(=O)N1CCC[C@@H]1c1ncc2c(n1)CCN(C(=O)c1cc(C(C)C)[nH]n1)C2. The summed E-state index contributed by atoms with van der Waals surface area (Å²) in [6, 6.07) is 1.81. The average Bonchev–Trinajstić information content (AvgIpc) is 3.36. The number of fused-ring (bicyclic) bond motifs is 1. The number of H-pyrrole nitrogens is 1. The Labute approximate surface area is 164 Å². The highest BCUT2D eigenvalue weighted by atomic mass is 16.2. The van der Waals surface area contributed by atoms with E-state index in [9.17, 15) is 9.59 Å². The van der Waals surface area contributed by atoms with Gasteiger partial charge in [-0.25, -0.2) is 9.97 Å². The van der Waals surface area contributed by atoms with Crippen LogP contribution in [-0.4, -0.2) is 54.9 Å². The van der Waals surface area contributed by atoms with E-state index >= 15 is 0 Å². The summed E-state index contributed by atoms with van der Waals surface area (Å²) in [4.78, 5) is 37.6. The fourth-order valence-electron chi connectivity index (χ4n) is 3.98. The van der Waals surface area contributed by atoms with E-state index in [1.807, 2.05) is 17.2 Å². The lowest BCUT2D eigenvalue weighted by Gasteiger charge is -2.28. The summed E-state index contributed by atoms with van der Waals surface area (Å²) in [5.74, 6) is 1.02. The number of carbonyl (C=O) groups excluding carboxylic acids is 2. The number of amides is 2. The lowest BCUT2D eigenvalue weighted by Crippen LogP contribution is -2.37. The highest BCUT2D eigenvalue weighted by Crippen LogP contribution is 2.30. The first-order valence-corrected chi connectivity index (χ1v) is 9.90. The third kappa shape index (κ3) is 3.39. The highest BCUT2D eigenvalue weighted by Gasteiger charge is 2.31. The number of hydrogen-bond donors (Lipinski definition) is 1. The number of aromatic nitrogens is 4. The molecule has 28 heavy (non-hydrogen) atoms. The van der Waals surface area contributed by atoms with E-state index in [1.54, 1.807) is 11.8 Å². The predicted octanol–water partition coefficient (Wildman–Crippen LogP) is 2.21. The number of likely N-dealkylation sites (tertiary alicyclic amines) is 1. The van der Waals surface area contributed by atoms with Crippen LogP contribution < -0.4 is 0 Å². The standard InChI is InChI=1S/C20H26N6O2/c1-12(2)16-9-17(24-23-16)20(28)25-8-6-15-14(11-25)10-21-19(22-15)18-5-4-7-26(18)13(3)27/h9-10,12,18H,4-8,11H2,1-3H3,(H,23,24)/t18-/m1/s1. The van der Waals surface area contributed by atoms with Crippen LogP contribution in [0.15, 0.2) is 12.3 Å². The summed E-state index contributed by atoms with van der Waals surface area (Å²) in [6.45, 7) is 7.58. The van der Waals surface area contributed by atoms with Crippen molar-refractivity contribution in [2.75, 3.05) is 13.1 Å². The van der Waals surface area contributed by atoms with Gasteiger partial charge in [0.15, 0.2) is 5.82 Å². The van der Waals surface area contributed by atoms with Gasteiger partial charge in [-0.15, -0.1) is 0 Å². The molecule has 0 aliphatic carbocycles. The maximum Gasteiger partial charge on any atom is 0.274 e. The maximum absolute atomic E-state index is 12.8. The molecule has 0 radical (unpaired) electrons. The Balaban J connectivity index is 1.50. The molecule has 4 heterocycles. The van der Waals surface area contributed by atoms with Crippen molar-refractivity contribution in [2.24, 2.45) is 0 Å². The highest BCUT2D eigenvalue weighted by molar-refractivity contribution is 5.92. The van der Waals surface area contributed by atoms with Crippen molar-refractivity contribution in [1.82, 2.24) is 30.0 Å². The number of hydrogen-bond acceptors (Lipinski definition) is 5. The minimum Gasteiger partial charge on any atom is -0.333 e. The van der Waals surface area contributed by atoms with Gasteiger partial charge in [-0.05, 0) is 24.8 Å². The van der Waals surface area contributed by atoms with E-state index in [-0.39, 0.29) is 17.9 Å². The van der Waals surface area contributed by atoms with E-state index in [1.165, 1.54) is 0 Å². The summed E-state index contributed by atoms with van der Waals surface area (Å²) in [6.07, 6.45) is 4.39. The Morgan fingerprint density at radius 1 is 1.29 bits per heavy atom. The van der Waals surface area contributed by atoms with Crippen LogP contribution in [-0.2, 0) is 17.8 Å². The third-order valence-corrected chi connectivity index (χ3v) is 5.63. The van der Waals surface area contributed by atoms with Gasteiger partial charge < -0.3 is 9.80 Å². The molecule has 8 nitrogen and oxygen atoms in total. The van der Waals surface area contributed by atoms with Crippen molar-refractivity contribution >= 4 is 11.8 Å². The van der Waals surface area contributed by atoms with E-state index in [4.69, 9.17) is 4.98 Å². The second-order valence-electron chi connectivity index (χ2n) is 7.91. The lowest BCUT2D eigenvalue weighted by molar-refractivity contribution is -0.129. The minimum absolute atomic E-state index is 0.0269. The molecule has 0 bridgehead atoms. The molecule has 2 aromatic heterocycles. The molecule has 2 aliphatic heterocycles. The van der Waals surface area contributed by atoms with E-state index in [2.05, 4.69) is 29.0 Å². The zero-order chi connectivity index (χ0) is 19.8. The molecule has 1 atom stereocenters. The largest absolute Gasteiger partial charge is 0.333 e. The van der Waals surface area contributed by atoms with Gasteiger partial charge in [0.25, 0.3) is 5.91 Å². The van der Waals surface area contributed by atoms with Crippen LogP contribution in [0.1, 0.15) is 78.8 Å². The Bertz CT molecular complexity index is 906.